The molecule has 0 aliphatic carbocycles. The van der Waals surface area contributed by atoms with Gasteiger partial charge in [0.1, 0.15) is 18.9 Å². The van der Waals surface area contributed by atoms with E-state index in [-0.39, 0.29) is 32.2 Å². The maximum atomic E-state index is 12.2. The minimum absolute atomic E-state index is 0.145. The third-order valence-corrected chi connectivity index (χ3v) is 2.60. The second kappa shape index (κ2) is 8.61. The molecule has 21 heavy (non-hydrogen) atoms. The van der Waals surface area contributed by atoms with E-state index in [1.54, 1.807) is 24.3 Å². The summed E-state index contributed by atoms with van der Waals surface area (Å²) in [4.78, 5) is 24.3. The van der Waals surface area contributed by atoms with Crippen molar-refractivity contribution in [3.63, 3.8) is 0 Å². The SMILES string of the molecule is C#CCOc1ccc(C(=O)N(CCOC)CC(=O)O)cc1. The standard InChI is InChI=1S/C15H17NO5/c1-3-9-21-13-6-4-12(5-7-13)15(19)16(8-10-20-2)11-14(17)18/h1,4-7H,8-11H2,2H3,(H,17,18). The lowest BCUT2D eigenvalue weighted by Crippen LogP contribution is -2.37. The number of carboxylic acids is 1. The molecule has 0 bridgehead atoms. The van der Waals surface area contributed by atoms with Gasteiger partial charge in [0.15, 0.2) is 0 Å². The molecular formula is C15H17NO5. The Labute approximate surface area is 123 Å². The highest BCUT2D eigenvalue weighted by molar-refractivity contribution is 5.95. The molecule has 0 aromatic heterocycles. The predicted molar refractivity (Wildman–Crippen MR) is 76.2 cm³/mol. The van der Waals surface area contributed by atoms with Gasteiger partial charge in [-0.15, -0.1) is 6.42 Å². The minimum atomic E-state index is -1.08. The molecule has 0 saturated carbocycles. The maximum absolute atomic E-state index is 12.2. The molecule has 6 nitrogen and oxygen atoms in total. The van der Waals surface area contributed by atoms with Crippen LogP contribution in [0.5, 0.6) is 5.75 Å². The fourth-order valence-electron chi connectivity index (χ4n) is 1.62. The van der Waals surface area contributed by atoms with Crippen molar-refractivity contribution < 1.29 is 24.2 Å². The number of carbonyl (C=O) groups is 2. The molecular weight excluding hydrogens is 274 g/mol. The van der Waals surface area contributed by atoms with Crippen molar-refractivity contribution in [3.8, 4) is 18.1 Å². The lowest BCUT2D eigenvalue weighted by atomic mass is 10.2. The largest absolute Gasteiger partial charge is 0.481 e. The van der Waals surface area contributed by atoms with Crippen LogP contribution in [0.2, 0.25) is 0 Å². The summed E-state index contributed by atoms with van der Waals surface area (Å²) in [6.07, 6.45) is 5.08. The molecule has 0 spiro atoms. The Hall–Kier alpha value is -2.52. The summed E-state index contributed by atoms with van der Waals surface area (Å²) < 4.78 is 10.1. The molecule has 112 valence electrons. The highest BCUT2D eigenvalue weighted by Gasteiger charge is 2.18. The van der Waals surface area contributed by atoms with Crippen LogP contribution < -0.4 is 4.74 Å². The number of rotatable bonds is 8. The van der Waals surface area contributed by atoms with Crippen LogP contribution in [0, 0.1) is 12.3 Å². The van der Waals surface area contributed by atoms with Crippen LogP contribution in [0.1, 0.15) is 10.4 Å². The van der Waals surface area contributed by atoms with E-state index in [4.69, 9.17) is 21.0 Å². The number of hydrogen-bond acceptors (Lipinski definition) is 4. The van der Waals surface area contributed by atoms with E-state index in [0.29, 0.717) is 11.3 Å². The van der Waals surface area contributed by atoms with E-state index in [0.717, 1.165) is 0 Å². The number of nitrogens with zero attached hydrogens (tertiary/aromatic N) is 1. The van der Waals surface area contributed by atoms with Crippen molar-refractivity contribution in [3.05, 3.63) is 29.8 Å². The van der Waals surface area contributed by atoms with Gasteiger partial charge in [0.25, 0.3) is 5.91 Å². The van der Waals surface area contributed by atoms with Crippen molar-refractivity contribution in [1.82, 2.24) is 4.90 Å². The van der Waals surface area contributed by atoms with Crippen molar-refractivity contribution >= 4 is 11.9 Å². The molecule has 0 atom stereocenters. The summed E-state index contributed by atoms with van der Waals surface area (Å²) >= 11 is 0. The van der Waals surface area contributed by atoms with Crippen LogP contribution in [0.3, 0.4) is 0 Å². The molecule has 0 fully saturated rings. The van der Waals surface area contributed by atoms with E-state index in [2.05, 4.69) is 5.92 Å². The van der Waals surface area contributed by atoms with Crippen LogP contribution in [-0.2, 0) is 9.53 Å². The Morgan fingerprint density at radius 2 is 2.00 bits per heavy atom. The number of methoxy groups -OCH3 is 1. The Balaban J connectivity index is 2.77. The topological polar surface area (TPSA) is 76.1 Å². The fraction of sp³-hybridized carbons (Fsp3) is 0.333. The van der Waals surface area contributed by atoms with Crippen LogP contribution in [0.25, 0.3) is 0 Å². The number of carboxylic acid groups (broad SMARTS) is 1. The van der Waals surface area contributed by atoms with Gasteiger partial charge in [-0.05, 0) is 24.3 Å². The summed E-state index contributed by atoms with van der Waals surface area (Å²) in [5.74, 6) is 1.43. The Morgan fingerprint density at radius 3 is 2.52 bits per heavy atom. The summed E-state index contributed by atoms with van der Waals surface area (Å²) in [7, 11) is 1.49. The van der Waals surface area contributed by atoms with E-state index in [1.165, 1.54) is 12.0 Å². The smallest absolute Gasteiger partial charge is 0.323 e. The molecule has 1 aromatic carbocycles. The molecule has 0 unspecified atom stereocenters. The molecule has 1 rings (SSSR count). The predicted octanol–water partition coefficient (Wildman–Crippen LogP) is 0.872. The third kappa shape index (κ3) is 5.55. The lowest BCUT2D eigenvalue weighted by molar-refractivity contribution is -0.137. The van der Waals surface area contributed by atoms with Gasteiger partial charge < -0.3 is 19.5 Å². The van der Waals surface area contributed by atoms with Crippen molar-refractivity contribution in [1.29, 1.82) is 0 Å². The first-order valence-corrected chi connectivity index (χ1v) is 6.24. The van der Waals surface area contributed by atoms with Crippen LogP contribution >= 0.6 is 0 Å². The van der Waals surface area contributed by atoms with Crippen LogP contribution in [0.4, 0.5) is 0 Å². The highest BCUT2D eigenvalue weighted by atomic mass is 16.5. The fourth-order valence-corrected chi connectivity index (χ4v) is 1.62. The number of amides is 1. The summed E-state index contributed by atoms with van der Waals surface area (Å²) in [6.45, 7) is 0.239. The van der Waals surface area contributed by atoms with Crippen LogP contribution in [-0.4, -0.2) is 55.3 Å². The minimum Gasteiger partial charge on any atom is -0.481 e. The zero-order valence-electron chi connectivity index (χ0n) is 11.7. The Bertz CT molecular complexity index is 518. The van der Waals surface area contributed by atoms with E-state index < -0.39 is 5.97 Å². The molecule has 1 N–H and O–H groups in total. The van der Waals surface area contributed by atoms with Gasteiger partial charge >= 0.3 is 5.97 Å². The van der Waals surface area contributed by atoms with Crippen molar-refractivity contribution in [2.24, 2.45) is 0 Å². The molecule has 0 aliphatic rings. The maximum Gasteiger partial charge on any atom is 0.323 e. The molecule has 6 heteroatoms. The first-order valence-electron chi connectivity index (χ1n) is 6.24. The van der Waals surface area contributed by atoms with Gasteiger partial charge in [0.05, 0.1) is 6.61 Å². The van der Waals surface area contributed by atoms with Crippen molar-refractivity contribution in [2.45, 2.75) is 0 Å². The second-order valence-corrected chi connectivity index (χ2v) is 4.13. The molecule has 0 radical (unpaired) electrons. The second-order valence-electron chi connectivity index (χ2n) is 4.13. The number of aliphatic carboxylic acids is 1. The number of carbonyl (C=O) groups excluding carboxylic acids is 1. The zero-order valence-corrected chi connectivity index (χ0v) is 11.7. The molecule has 0 saturated heterocycles. The van der Waals surface area contributed by atoms with Gasteiger partial charge in [-0.2, -0.15) is 0 Å². The highest BCUT2D eigenvalue weighted by Crippen LogP contribution is 2.13. The van der Waals surface area contributed by atoms with Gasteiger partial charge in [-0.1, -0.05) is 5.92 Å². The molecule has 1 amide bonds. The summed E-state index contributed by atoms with van der Waals surface area (Å²) in [6, 6.07) is 6.35. The van der Waals surface area contributed by atoms with Gasteiger partial charge in [-0.3, -0.25) is 9.59 Å². The van der Waals surface area contributed by atoms with Gasteiger partial charge in [0, 0.05) is 19.2 Å². The average Bonchev–Trinajstić information content (AvgIpc) is 2.49. The summed E-state index contributed by atoms with van der Waals surface area (Å²) in [5.41, 5.74) is 0.375. The normalized spacial score (nSPS) is 9.71. The zero-order chi connectivity index (χ0) is 15.7. The number of hydrogen-bond donors (Lipinski definition) is 1. The van der Waals surface area contributed by atoms with Gasteiger partial charge in [0.2, 0.25) is 0 Å². The van der Waals surface area contributed by atoms with E-state index >= 15 is 0 Å². The Kier molecular flexibility index (Phi) is 6.78. The van der Waals surface area contributed by atoms with E-state index in [9.17, 15) is 9.59 Å². The average molecular weight is 291 g/mol. The quantitative estimate of drug-likeness (QED) is 0.719. The monoisotopic (exact) mass is 291 g/mol. The van der Waals surface area contributed by atoms with Gasteiger partial charge in [-0.25, -0.2) is 0 Å². The number of benzene rings is 1. The number of terminal acetylenes is 1. The first-order chi connectivity index (χ1) is 10.1. The third-order valence-electron chi connectivity index (χ3n) is 2.60. The molecule has 0 heterocycles. The molecule has 1 aromatic rings. The Morgan fingerprint density at radius 1 is 1.33 bits per heavy atom. The summed E-state index contributed by atoms with van der Waals surface area (Å²) in [5, 5.41) is 8.85. The van der Waals surface area contributed by atoms with Crippen molar-refractivity contribution in [2.75, 3.05) is 33.4 Å². The lowest BCUT2D eigenvalue weighted by Gasteiger charge is -2.20. The van der Waals surface area contributed by atoms with E-state index in [1.807, 2.05) is 0 Å². The molecule has 0 aliphatic heterocycles. The number of ether oxygens (including phenoxy) is 2. The first kappa shape index (κ1) is 16.5. The van der Waals surface area contributed by atoms with Crippen LogP contribution in [0.15, 0.2) is 24.3 Å².